The standard InChI is InChI=1S/C34H30Cl3N3O4/c35-34(36,37)33(42)38-18-26-5-1-2-6-28(26)23-13-15-25(16-14-23)32-43-27(19-40-21-39-29-7-3-4-8-30(29)40)17-31(44-32)24-11-9-22(20-41)10-12-24/h1-16,21,27,31-32,41H,17-20H2,(H,38,42)/t27-,31+,32+/m1/s1. The Morgan fingerprint density at radius 1 is 0.909 bits per heavy atom. The second-order valence-corrected chi connectivity index (χ2v) is 13.0. The van der Waals surface area contributed by atoms with Crippen LogP contribution >= 0.6 is 34.8 Å². The number of aromatic nitrogens is 2. The zero-order chi connectivity index (χ0) is 30.7. The average molecular weight is 651 g/mol. The molecular weight excluding hydrogens is 621 g/mol. The number of hydrogen-bond donors (Lipinski definition) is 2. The van der Waals surface area contributed by atoms with Crippen LogP contribution in [0.2, 0.25) is 0 Å². The van der Waals surface area contributed by atoms with Gasteiger partial charge in [0.05, 0.1) is 42.7 Å². The number of imidazole rings is 1. The van der Waals surface area contributed by atoms with Crippen molar-refractivity contribution in [2.45, 2.75) is 48.4 Å². The number of carbonyl (C=O) groups excluding carboxylic acids is 1. The van der Waals surface area contributed by atoms with Crippen LogP contribution < -0.4 is 5.32 Å². The largest absolute Gasteiger partial charge is 0.392 e. The van der Waals surface area contributed by atoms with Gasteiger partial charge < -0.3 is 24.5 Å². The van der Waals surface area contributed by atoms with E-state index in [1.54, 1.807) is 0 Å². The Kier molecular flexibility index (Phi) is 9.23. The molecular formula is C34H30Cl3N3O4. The van der Waals surface area contributed by atoms with Gasteiger partial charge in [-0.25, -0.2) is 4.98 Å². The minimum atomic E-state index is -2.03. The number of aliphatic hydroxyl groups excluding tert-OH is 1. The third-order valence-electron chi connectivity index (χ3n) is 7.75. The zero-order valence-corrected chi connectivity index (χ0v) is 25.8. The summed E-state index contributed by atoms with van der Waals surface area (Å²) in [7, 11) is 0. The van der Waals surface area contributed by atoms with Crippen LogP contribution in [0.5, 0.6) is 0 Å². The van der Waals surface area contributed by atoms with Crippen molar-refractivity contribution in [1.29, 1.82) is 0 Å². The van der Waals surface area contributed by atoms with Crippen molar-refractivity contribution in [3.8, 4) is 11.1 Å². The van der Waals surface area contributed by atoms with E-state index < -0.39 is 16.0 Å². The van der Waals surface area contributed by atoms with Gasteiger partial charge in [0, 0.05) is 18.5 Å². The number of amides is 1. The summed E-state index contributed by atoms with van der Waals surface area (Å²) >= 11 is 17.2. The van der Waals surface area contributed by atoms with Crippen LogP contribution in [0.1, 0.15) is 41.1 Å². The topological polar surface area (TPSA) is 85.6 Å². The molecule has 7 nitrogen and oxygen atoms in total. The van der Waals surface area contributed by atoms with Gasteiger partial charge >= 0.3 is 0 Å². The second kappa shape index (κ2) is 13.3. The lowest BCUT2D eigenvalue weighted by molar-refractivity contribution is -0.252. The average Bonchev–Trinajstić information content (AvgIpc) is 3.45. The molecule has 1 aliphatic rings. The molecule has 1 fully saturated rings. The summed E-state index contributed by atoms with van der Waals surface area (Å²) in [5.74, 6) is -0.682. The first-order valence-corrected chi connectivity index (χ1v) is 15.4. The quantitative estimate of drug-likeness (QED) is 0.171. The van der Waals surface area contributed by atoms with E-state index in [0.717, 1.165) is 44.4 Å². The normalized spacial score (nSPS) is 18.8. The molecule has 1 aliphatic heterocycles. The van der Waals surface area contributed by atoms with Crippen molar-refractivity contribution in [2.24, 2.45) is 0 Å². The van der Waals surface area contributed by atoms with Crippen molar-refractivity contribution in [3.63, 3.8) is 0 Å². The third kappa shape index (κ3) is 6.94. The Labute approximate surface area is 270 Å². The van der Waals surface area contributed by atoms with Crippen LogP contribution in [0, 0.1) is 0 Å². The fourth-order valence-electron chi connectivity index (χ4n) is 5.46. The molecule has 1 saturated heterocycles. The molecule has 0 bridgehead atoms. The first-order valence-electron chi connectivity index (χ1n) is 14.2. The van der Waals surface area contributed by atoms with Crippen molar-refractivity contribution in [3.05, 3.63) is 126 Å². The summed E-state index contributed by atoms with van der Waals surface area (Å²) in [6, 6.07) is 31.7. The molecule has 4 aromatic carbocycles. The number of fused-ring (bicyclic) bond motifs is 1. The molecule has 5 aromatic rings. The number of para-hydroxylation sites is 2. The van der Waals surface area contributed by atoms with Crippen LogP contribution in [0.15, 0.2) is 103 Å². The highest BCUT2D eigenvalue weighted by Crippen LogP contribution is 2.39. The Morgan fingerprint density at radius 3 is 2.36 bits per heavy atom. The monoisotopic (exact) mass is 649 g/mol. The van der Waals surface area contributed by atoms with Crippen LogP contribution in [-0.4, -0.2) is 30.5 Å². The fourth-order valence-corrected chi connectivity index (χ4v) is 5.66. The summed E-state index contributed by atoms with van der Waals surface area (Å²) in [4.78, 5) is 16.7. The Hall–Kier alpha value is -3.43. The van der Waals surface area contributed by atoms with Gasteiger partial charge in [-0.15, -0.1) is 0 Å². The molecule has 226 valence electrons. The van der Waals surface area contributed by atoms with Crippen LogP contribution in [0.3, 0.4) is 0 Å². The summed E-state index contributed by atoms with van der Waals surface area (Å²) in [5, 5.41) is 12.2. The van der Waals surface area contributed by atoms with Gasteiger partial charge in [-0.1, -0.05) is 120 Å². The van der Waals surface area contributed by atoms with Crippen LogP contribution in [0.25, 0.3) is 22.2 Å². The van der Waals surface area contributed by atoms with Gasteiger partial charge in [0.1, 0.15) is 0 Å². The number of nitrogens with zero attached hydrogens (tertiary/aromatic N) is 2. The minimum Gasteiger partial charge on any atom is -0.392 e. The maximum absolute atomic E-state index is 12.1. The lowest BCUT2D eigenvalue weighted by Crippen LogP contribution is -2.34. The molecule has 44 heavy (non-hydrogen) atoms. The minimum absolute atomic E-state index is 0.0113. The first-order chi connectivity index (χ1) is 21.3. The molecule has 10 heteroatoms. The lowest BCUT2D eigenvalue weighted by Gasteiger charge is -2.36. The highest BCUT2D eigenvalue weighted by atomic mass is 35.6. The Balaban J connectivity index is 1.24. The smallest absolute Gasteiger partial charge is 0.272 e. The number of alkyl halides is 3. The van der Waals surface area contributed by atoms with Gasteiger partial charge in [0.2, 0.25) is 0 Å². The molecule has 1 aromatic heterocycles. The van der Waals surface area contributed by atoms with E-state index in [4.69, 9.17) is 44.3 Å². The van der Waals surface area contributed by atoms with Gasteiger partial charge in [-0.2, -0.15) is 0 Å². The van der Waals surface area contributed by atoms with Crippen molar-refractivity contribution in [2.75, 3.05) is 0 Å². The Bertz CT molecular complexity index is 1740. The predicted octanol–water partition coefficient (Wildman–Crippen LogP) is 7.43. The van der Waals surface area contributed by atoms with E-state index in [1.807, 2.05) is 97.3 Å². The van der Waals surface area contributed by atoms with E-state index in [1.165, 1.54) is 0 Å². The first kappa shape index (κ1) is 30.6. The number of benzene rings is 4. The number of carbonyl (C=O) groups is 1. The number of ether oxygens (including phenoxy) is 2. The molecule has 0 saturated carbocycles. The summed E-state index contributed by atoms with van der Waals surface area (Å²) in [5.41, 5.74) is 7.53. The summed E-state index contributed by atoms with van der Waals surface area (Å²) < 4.78 is 13.2. The van der Waals surface area contributed by atoms with Crippen LogP contribution in [-0.2, 0) is 34.0 Å². The highest BCUT2D eigenvalue weighted by Gasteiger charge is 2.33. The number of hydrogen-bond acceptors (Lipinski definition) is 5. The van der Waals surface area contributed by atoms with E-state index >= 15 is 0 Å². The van der Waals surface area contributed by atoms with E-state index in [-0.39, 0.29) is 25.4 Å². The number of rotatable bonds is 8. The van der Waals surface area contributed by atoms with Crippen molar-refractivity contribution in [1.82, 2.24) is 14.9 Å². The zero-order valence-electron chi connectivity index (χ0n) is 23.6. The molecule has 0 radical (unpaired) electrons. The maximum Gasteiger partial charge on any atom is 0.272 e. The second-order valence-electron chi connectivity index (χ2n) is 10.7. The van der Waals surface area contributed by atoms with Crippen molar-refractivity contribution >= 4 is 51.7 Å². The molecule has 0 spiro atoms. The van der Waals surface area contributed by atoms with Gasteiger partial charge in [0.25, 0.3) is 9.70 Å². The highest BCUT2D eigenvalue weighted by molar-refractivity contribution is 6.76. The molecule has 2 heterocycles. The van der Waals surface area contributed by atoms with Crippen LogP contribution in [0.4, 0.5) is 0 Å². The molecule has 1 amide bonds. The van der Waals surface area contributed by atoms with E-state index in [0.29, 0.717) is 13.0 Å². The predicted molar refractivity (Wildman–Crippen MR) is 172 cm³/mol. The molecule has 6 rings (SSSR count). The number of aliphatic hydroxyl groups is 1. The summed E-state index contributed by atoms with van der Waals surface area (Å²) in [6.07, 6.45) is 1.57. The van der Waals surface area contributed by atoms with E-state index in [9.17, 15) is 9.90 Å². The third-order valence-corrected chi connectivity index (χ3v) is 8.27. The number of nitrogens with one attached hydrogen (secondary N) is 1. The lowest BCUT2D eigenvalue weighted by atomic mass is 9.97. The summed E-state index contributed by atoms with van der Waals surface area (Å²) in [6.45, 7) is 0.820. The maximum atomic E-state index is 12.1. The molecule has 3 atom stereocenters. The van der Waals surface area contributed by atoms with Crippen molar-refractivity contribution < 1.29 is 19.4 Å². The number of halogens is 3. The molecule has 0 unspecified atom stereocenters. The molecule has 2 N–H and O–H groups in total. The van der Waals surface area contributed by atoms with E-state index in [2.05, 4.69) is 20.9 Å². The van der Waals surface area contributed by atoms with Gasteiger partial charge in [-0.05, 0) is 39.9 Å². The Morgan fingerprint density at radius 2 is 1.61 bits per heavy atom. The van der Waals surface area contributed by atoms with Gasteiger partial charge in [-0.3, -0.25) is 4.79 Å². The van der Waals surface area contributed by atoms with Gasteiger partial charge in [0.15, 0.2) is 6.29 Å². The molecule has 0 aliphatic carbocycles. The fraction of sp³-hybridized carbons (Fsp3) is 0.235. The SMILES string of the molecule is O=C(NCc1ccccc1-c1ccc([C@H]2O[C@@H](Cn3cnc4ccccc43)C[C@@H](c3ccc(CO)cc3)O2)cc1)C(Cl)(Cl)Cl.